The van der Waals surface area contributed by atoms with Crippen LogP contribution in [0, 0.1) is 6.92 Å². The van der Waals surface area contributed by atoms with Gasteiger partial charge in [0.15, 0.2) is 0 Å². The molecule has 1 aliphatic rings. The SMILES string of the molecule is Cc1ccccc1N1c2ccccc2N(c2ccccc2N)C1C. The Labute approximate surface area is 142 Å². The van der Waals surface area contributed by atoms with Crippen LogP contribution in [0.4, 0.5) is 28.4 Å². The molecule has 120 valence electrons. The van der Waals surface area contributed by atoms with Gasteiger partial charge in [0.1, 0.15) is 6.17 Å². The van der Waals surface area contributed by atoms with Crippen molar-refractivity contribution in [2.45, 2.75) is 20.0 Å². The number of hydrogen-bond acceptors (Lipinski definition) is 3. The quantitative estimate of drug-likeness (QED) is 0.659. The van der Waals surface area contributed by atoms with Crippen LogP contribution in [0.5, 0.6) is 0 Å². The standard InChI is InChI=1S/C21H21N3/c1-15-9-3-5-11-18(15)23-16(2)24(19-12-6-4-10-17(19)22)21-14-8-7-13-20(21)23/h3-14,16H,22H2,1-2H3. The van der Waals surface area contributed by atoms with Crippen LogP contribution < -0.4 is 15.5 Å². The van der Waals surface area contributed by atoms with Crippen molar-refractivity contribution in [2.75, 3.05) is 15.5 Å². The molecule has 0 aliphatic carbocycles. The number of nitrogens with two attached hydrogens (primary N) is 1. The van der Waals surface area contributed by atoms with Crippen LogP contribution in [-0.4, -0.2) is 6.17 Å². The van der Waals surface area contributed by atoms with Crippen LogP contribution in [0.3, 0.4) is 0 Å². The van der Waals surface area contributed by atoms with Gasteiger partial charge in [-0.2, -0.15) is 0 Å². The van der Waals surface area contributed by atoms with Crippen molar-refractivity contribution in [3.05, 3.63) is 78.4 Å². The highest BCUT2D eigenvalue weighted by molar-refractivity contribution is 5.91. The number of hydrogen-bond donors (Lipinski definition) is 1. The number of nitrogen functional groups attached to an aromatic ring is 1. The summed E-state index contributed by atoms with van der Waals surface area (Å²) in [6.45, 7) is 4.38. The van der Waals surface area contributed by atoms with Crippen molar-refractivity contribution < 1.29 is 0 Å². The first-order valence-corrected chi connectivity index (χ1v) is 8.26. The van der Waals surface area contributed by atoms with Crippen LogP contribution in [0.1, 0.15) is 12.5 Å². The van der Waals surface area contributed by atoms with Gasteiger partial charge in [0.25, 0.3) is 0 Å². The largest absolute Gasteiger partial charge is 0.397 e. The van der Waals surface area contributed by atoms with Gasteiger partial charge in [-0.1, -0.05) is 42.5 Å². The highest BCUT2D eigenvalue weighted by Gasteiger charge is 2.35. The summed E-state index contributed by atoms with van der Waals surface area (Å²) in [5.74, 6) is 0. The Morgan fingerprint density at radius 2 is 1.12 bits per heavy atom. The fraction of sp³-hybridized carbons (Fsp3) is 0.143. The summed E-state index contributed by atoms with van der Waals surface area (Å²) in [7, 11) is 0. The Balaban J connectivity index is 1.91. The van der Waals surface area contributed by atoms with Crippen molar-refractivity contribution in [1.29, 1.82) is 0 Å². The van der Waals surface area contributed by atoms with Crippen molar-refractivity contribution in [1.82, 2.24) is 0 Å². The monoisotopic (exact) mass is 315 g/mol. The third-order valence-corrected chi connectivity index (χ3v) is 4.72. The number of benzene rings is 3. The Hall–Kier alpha value is -2.94. The van der Waals surface area contributed by atoms with Gasteiger partial charge in [-0.05, 0) is 49.7 Å². The van der Waals surface area contributed by atoms with Gasteiger partial charge >= 0.3 is 0 Å². The van der Waals surface area contributed by atoms with Gasteiger partial charge in [0, 0.05) is 5.69 Å². The fourth-order valence-corrected chi connectivity index (χ4v) is 3.59. The predicted octanol–water partition coefficient (Wildman–Crippen LogP) is 5.21. The smallest absolute Gasteiger partial charge is 0.108 e. The van der Waals surface area contributed by atoms with Crippen molar-refractivity contribution >= 4 is 28.4 Å². The van der Waals surface area contributed by atoms with Crippen molar-refractivity contribution in [2.24, 2.45) is 0 Å². The molecule has 1 atom stereocenters. The van der Waals surface area contributed by atoms with Gasteiger partial charge in [0.05, 0.1) is 22.7 Å². The summed E-state index contributed by atoms with van der Waals surface area (Å²) in [6.07, 6.45) is 0.146. The van der Waals surface area contributed by atoms with Gasteiger partial charge < -0.3 is 15.5 Å². The minimum atomic E-state index is 0.146. The molecule has 0 aromatic heterocycles. The van der Waals surface area contributed by atoms with E-state index in [0.717, 1.165) is 11.4 Å². The normalized spacial score (nSPS) is 16.3. The lowest BCUT2D eigenvalue weighted by atomic mass is 10.1. The molecule has 0 radical (unpaired) electrons. The molecule has 0 saturated carbocycles. The first-order valence-electron chi connectivity index (χ1n) is 8.26. The Kier molecular flexibility index (Phi) is 3.42. The van der Waals surface area contributed by atoms with Crippen molar-refractivity contribution in [3.63, 3.8) is 0 Å². The molecule has 3 aromatic carbocycles. The molecule has 1 aliphatic heterocycles. The number of aryl methyl sites for hydroxylation is 1. The first-order chi connectivity index (χ1) is 11.7. The van der Waals surface area contributed by atoms with E-state index in [9.17, 15) is 0 Å². The van der Waals surface area contributed by atoms with Gasteiger partial charge in [-0.3, -0.25) is 0 Å². The van der Waals surface area contributed by atoms with E-state index in [1.165, 1.54) is 22.6 Å². The van der Waals surface area contributed by atoms with Gasteiger partial charge in [0.2, 0.25) is 0 Å². The Morgan fingerprint density at radius 3 is 1.71 bits per heavy atom. The molecule has 0 fully saturated rings. The van der Waals surface area contributed by atoms with E-state index >= 15 is 0 Å². The minimum absolute atomic E-state index is 0.146. The van der Waals surface area contributed by atoms with E-state index in [1.807, 2.05) is 18.2 Å². The summed E-state index contributed by atoms with van der Waals surface area (Å²) >= 11 is 0. The summed E-state index contributed by atoms with van der Waals surface area (Å²) in [5.41, 5.74) is 13.0. The molecular formula is C21H21N3. The second kappa shape index (κ2) is 5.60. The van der Waals surface area contributed by atoms with Crippen LogP contribution >= 0.6 is 0 Å². The number of anilines is 5. The first kappa shape index (κ1) is 14.6. The van der Waals surface area contributed by atoms with E-state index in [4.69, 9.17) is 5.73 Å². The lowest BCUT2D eigenvalue weighted by molar-refractivity contribution is 0.760. The second-order valence-electron chi connectivity index (χ2n) is 6.21. The number of nitrogens with zero attached hydrogens (tertiary/aromatic N) is 2. The van der Waals surface area contributed by atoms with Crippen molar-refractivity contribution in [3.8, 4) is 0 Å². The zero-order chi connectivity index (χ0) is 16.7. The molecule has 3 heteroatoms. The number of rotatable bonds is 2. The maximum atomic E-state index is 6.27. The summed E-state index contributed by atoms with van der Waals surface area (Å²) < 4.78 is 0. The zero-order valence-electron chi connectivity index (χ0n) is 14.0. The predicted molar refractivity (Wildman–Crippen MR) is 102 cm³/mol. The summed E-state index contributed by atoms with van der Waals surface area (Å²) in [5, 5.41) is 0. The minimum Gasteiger partial charge on any atom is -0.397 e. The lowest BCUT2D eigenvalue weighted by Gasteiger charge is -2.31. The third-order valence-electron chi connectivity index (χ3n) is 4.72. The third kappa shape index (κ3) is 2.13. The molecule has 0 spiro atoms. The molecule has 3 aromatic rings. The molecule has 0 bridgehead atoms. The topological polar surface area (TPSA) is 32.5 Å². The number of para-hydroxylation sites is 5. The molecule has 2 N–H and O–H groups in total. The van der Waals surface area contributed by atoms with E-state index in [1.54, 1.807) is 0 Å². The molecule has 1 heterocycles. The maximum Gasteiger partial charge on any atom is 0.108 e. The zero-order valence-corrected chi connectivity index (χ0v) is 14.0. The van der Waals surface area contributed by atoms with Crippen LogP contribution in [-0.2, 0) is 0 Å². The Bertz CT molecular complexity index is 815. The Morgan fingerprint density at radius 1 is 0.667 bits per heavy atom. The molecule has 1 unspecified atom stereocenters. The average Bonchev–Trinajstić information content (AvgIpc) is 2.88. The molecule has 24 heavy (non-hydrogen) atoms. The summed E-state index contributed by atoms with van der Waals surface area (Å²) in [6, 6.07) is 25.1. The summed E-state index contributed by atoms with van der Waals surface area (Å²) in [4.78, 5) is 4.70. The van der Waals surface area contributed by atoms with Crippen LogP contribution in [0.15, 0.2) is 72.8 Å². The lowest BCUT2D eigenvalue weighted by Crippen LogP contribution is -2.36. The van der Waals surface area contributed by atoms with E-state index < -0.39 is 0 Å². The van der Waals surface area contributed by atoms with E-state index in [2.05, 4.69) is 78.2 Å². The van der Waals surface area contributed by atoms with E-state index in [-0.39, 0.29) is 6.17 Å². The highest BCUT2D eigenvalue weighted by Crippen LogP contribution is 2.49. The molecule has 4 rings (SSSR count). The molecule has 0 amide bonds. The van der Waals surface area contributed by atoms with Gasteiger partial charge in [-0.25, -0.2) is 0 Å². The van der Waals surface area contributed by atoms with Crippen LogP contribution in [0.25, 0.3) is 0 Å². The molecule has 0 saturated heterocycles. The van der Waals surface area contributed by atoms with Crippen LogP contribution in [0.2, 0.25) is 0 Å². The molecule has 3 nitrogen and oxygen atoms in total. The second-order valence-corrected chi connectivity index (χ2v) is 6.21. The highest BCUT2D eigenvalue weighted by atomic mass is 15.4. The molecular weight excluding hydrogens is 294 g/mol. The average molecular weight is 315 g/mol. The van der Waals surface area contributed by atoms with Gasteiger partial charge in [-0.15, -0.1) is 0 Å². The maximum absolute atomic E-state index is 6.27. The van der Waals surface area contributed by atoms with E-state index in [0.29, 0.717) is 0 Å². The number of fused-ring (bicyclic) bond motifs is 1. The fourth-order valence-electron chi connectivity index (χ4n) is 3.59.